The standard InChI is InChI=1S/C13H21N3O/c1-3-7-16(8-4-2)13(17)12-9-11(14-15-12)10-5-6-10/h9-10H,3-8H2,1-2H3,(H,14,15). The zero-order chi connectivity index (χ0) is 12.3. The third kappa shape index (κ3) is 2.87. The number of nitrogens with zero attached hydrogens (tertiary/aromatic N) is 2. The molecule has 1 aliphatic rings. The zero-order valence-corrected chi connectivity index (χ0v) is 10.7. The van der Waals surface area contributed by atoms with Crippen molar-refractivity contribution < 1.29 is 4.79 Å². The fraction of sp³-hybridized carbons (Fsp3) is 0.692. The molecule has 0 aromatic carbocycles. The van der Waals surface area contributed by atoms with Crippen molar-refractivity contribution in [2.45, 2.75) is 45.4 Å². The molecule has 94 valence electrons. The number of H-pyrrole nitrogens is 1. The van der Waals surface area contributed by atoms with Crippen molar-refractivity contribution >= 4 is 5.91 Å². The quantitative estimate of drug-likeness (QED) is 0.823. The van der Waals surface area contributed by atoms with Crippen LogP contribution in [0.1, 0.15) is 61.6 Å². The van der Waals surface area contributed by atoms with E-state index in [1.54, 1.807) is 0 Å². The molecule has 0 spiro atoms. The Labute approximate surface area is 102 Å². The molecule has 1 N–H and O–H groups in total. The van der Waals surface area contributed by atoms with Gasteiger partial charge in [-0.05, 0) is 31.7 Å². The summed E-state index contributed by atoms with van der Waals surface area (Å²) in [6.07, 6.45) is 4.43. The van der Waals surface area contributed by atoms with Gasteiger partial charge in [0.2, 0.25) is 0 Å². The molecule has 17 heavy (non-hydrogen) atoms. The molecule has 0 radical (unpaired) electrons. The second-order valence-electron chi connectivity index (χ2n) is 4.78. The first kappa shape index (κ1) is 12.1. The van der Waals surface area contributed by atoms with Crippen molar-refractivity contribution in [2.75, 3.05) is 13.1 Å². The van der Waals surface area contributed by atoms with Gasteiger partial charge in [0, 0.05) is 24.7 Å². The van der Waals surface area contributed by atoms with Gasteiger partial charge >= 0.3 is 0 Å². The summed E-state index contributed by atoms with van der Waals surface area (Å²) in [5.74, 6) is 0.687. The van der Waals surface area contributed by atoms with Crippen LogP contribution < -0.4 is 0 Å². The third-order valence-electron chi connectivity index (χ3n) is 3.11. The second-order valence-corrected chi connectivity index (χ2v) is 4.78. The summed E-state index contributed by atoms with van der Waals surface area (Å²) in [6, 6.07) is 1.93. The minimum Gasteiger partial charge on any atom is -0.337 e. The van der Waals surface area contributed by atoms with E-state index in [0.29, 0.717) is 11.6 Å². The minimum absolute atomic E-state index is 0.0665. The van der Waals surface area contributed by atoms with E-state index in [9.17, 15) is 4.79 Å². The Bertz CT molecular complexity index is 376. The molecular weight excluding hydrogens is 214 g/mol. The van der Waals surface area contributed by atoms with Gasteiger partial charge in [0.05, 0.1) is 0 Å². The van der Waals surface area contributed by atoms with E-state index in [1.807, 2.05) is 11.0 Å². The fourth-order valence-corrected chi connectivity index (χ4v) is 2.07. The van der Waals surface area contributed by atoms with Gasteiger partial charge in [0.1, 0.15) is 5.69 Å². The van der Waals surface area contributed by atoms with Crippen molar-refractivity contribution in [3.63, 3.8) is 0 Å². The summed E-state index contributed by atoms with van der Waals surface area (Å²) >= 11 is 0. The molecule has 0 aliphatic heterocycles. The Balaban J connectivity index is 2.04. The average molecular weight is 235 g/mol. The normalized spacial score (nSPS) is 14.9. The molecule has 1 amide bonds. The highest BCUT2D eigenvalue weighted by atomic mass is 16.2. The number of hydrogen-bond acceptors (Lipinski definition) is 2. The number of amides is 1. The third-order valence-corrected chi connectivity index (χ3v) is 3.11. The van der Waals surface area contributed by atoms with E-state index in [2.05, 4.69) is 24.0 Å². The number of hydrogen-bond donors (Lipinski definition) is 1. The maximum atomic E-state index is 12.2. The van der Waals surface area contributed by atoms with E-state index in [-0.39, 0.29) is 5.91 Å². The average Bonchev–Trinajstić information content (AvgIpc) is 3.06. The molecule has 1 aromatic rings. The van der Waals surface area contributed by atoms with Crippen molar-refractivity contribution in [3.8, 4) is 0 Å². The molecule has 1 fully saturated rings. The highest BCUT2D eigenvalue weighted by Gasteiger charge is 2.27. The molecular formula is C13H21N3O. The van der Waals surface area contributed by atoms with Gasteiger partial charge in [-0.2, -0.15) is 5.10 Å². The fourth-order valence-electron chi connectivity index (χ4n) is 2.07. The predicted octanol–water partition coefficient (Wildman–Crippen LogP) is 2.55. The minimum atomic E-state index is 0.0665. The lowest BCUT2D eigenvalue weighted by Gasteiger charge is -2.19. The number of nitrogens with one attached hydrogen (secondary N) is 1. The van der Waals surface area contributed by atoms with Gasteiger partial charge in [-0.15, -0.1) is 0 Å². The predicted molar refractivity (Wildman–Crippen MR) is 67.0 cm³/mol. The van der Waals surface area contributed by atoms with Crippen molar-refractivity contribution in [3.05, 3.63) is 17.5 Å². The highest BCUT2D eigenvalue weighted by molar-refractivity contribution is 5.92. The number of aromatic amines is 1. The van der Waals surface area contributed by atoms with Crippen LogP contribution >= 0.6 is 0 Å². The molecule has 1 aliphatic carbocycles. The second kappa shape index (κ2) is 5.34. The number of rotatable bonds is 6. The smallest absolute Gasteiger partial charge is 0.274 e. The van der Waals surface area contributed by atoms with E-state index in [1.165, 1.54) is 12.8 Å². The van der Waals surface area contributed by atoms with Gasteiger partial charge in [0.25, 0.3) is 5.91 Å². The van der Waals surface area contributed by atoms with Crippen LogP contribution in [0.2, 0.25) is 0 Å². The lowest BCUT2D eigenvalue weighted by atomic mass is 10.2. The van der Waals surface area contributed by atoms with E-state index in [4.69, 9.17) is 0 Å². The molecule has 4 heteroatoms. The summed E-state index contributed by atoms with van der Waals surface area (Å²) in [5, 5.41) is 7.14. The van der Waals surface area contributed by atoms with Crippen molar-refractivity contribution in [1.82, 2.24) is 15.1 Å². The Morgan fingerprint density at radius 1 is 1.41 bits per heavy atom. The monoisotopic (exact) mass is 235 g/mol. The number of carbonyl (C=O) groups excluding carboxylic acids is 1. The Kier molecular flexibility index (Phi) is 3.82. The van der Waals surface area contributed by atoms with Crippen LogP contribution in [0.15, 0.2) is 6.07 Å². The van der Waals surface area contributed by atoms with Crippen LogP contribution in [-0.2, 0) is 0 Å². The molecule has 0 unspecified atom stereocenters. The SMILES string of the molecule is CCCN(CCC)C(=O)c1cc(C2CC2)[nH]n1. The molecule has 0 atom stereocenters. The largest absolute Gasteiger partial charge is 0.337 e. The van der Waals surface area contributed by atoms with Gasteiger partial charge < -0.3 is 4.90 Å². The van der Waals surface area contributed by atoms with Crippen LogP contribution in [0.5, 0.6) is 0 Å². The summed E-state index contributed by atoms with van der Waals surface area (Å²) in [6.45, 7) is 5.82. The zero-order valence-electron chi connectivity index (χ0n) is 10.7. The first-order valence-electron chi connectivity index (χ1n) is 6.60. The first-order valence-corrected chi connectivity index (χ1v) is 6.60. The van der Waals surface area contributed by atoms with Gasteiger partial charge in [-0.25, -0.2) is 0 Å². The van der Waals surface area contributed by atoms with E-state index in [0.717, 1.165) is 31.6 Å². The molecule has 1 aromatic heterocycles. The Morgan fingerprint density at radius 3 is 2.59 bits per heavy atom. The summed E-state index contributed by atoms with van der Waals surface area (Å²) in [5.41, 5.74) is 1.70. The van der Waals surface area contributed by atoms with Crippen molar-refractivity contribution in [2.24, 2.45) is 0 Å². The Morgan fingerprint density at radius 2 is 2.06 bits per heavy atom. The van der Waals surface area contributed by atoms with Crippen LogP contribution in [0, 0.1) is 0 Å². The van der Waals surface area contributed by atoms with Gasteiger partial charge in [-0.1, -0.05) is 13.8 Å². The highest BCUT2D eigenvalue weighted by Crippen LogP contribution is 2.39. The van der Waals surface area contributed by atoms with Crippen LogP contribution in [0.3, 0.4) is 0 Å². The van der Waals surface area contributed by atoms with Crippen LogP contribution in [-0.4, -0.2) is 34.1 Å². The van der Waals surface area contributed by atoms with E-state index >= 15 is 0 Å². The Hall–Kier alpha value is -1.32. The molecule has 0 saturated heterocycles. The molecule has 1 heterocycles. The van der Waals surface area contributed by atoms with Gasteiger partial charge in [-0.3, -0.25) is 9.89 Å². The summed E-state index contributed by atoms with van der Waals surface area (Å²) < 4.78 is 0. The number of aromatic nitrogens is 2. The lowest BCUT2D eigenvalue weighted by Crippen LogP contribution is -2.32. The maximum Gasteiger partial charge on any atom is 0.274 e. The molecule has 1 saturated carbocycles. The topological polar surface area (TPSA) is 49.0 Å². The van der Waals surface area contributed by atoms with E-state index < -0.39 is 0 Å². The maximum absolute atomic E-state index is 12.2. The van der Waals surface area contributed by atoms with Crippen LogP contribution in [0.25, 0.3) is 0 Å². The number of carbonyl (C=O) groups is 1. The summed E-state index contributed by atoms with van der Waals surface area (Å²) in [7, 11) is 0. The summed E-state index contributed by atoms with van der Waals surface area (Å²) in [4.78, 5) is 14.1. The lowest BCUT2D eigenvalue weighted by molar-refractivity contribution is 0.0749. The van der Waals surface area contributed by atoms with Crippen LogP contribution in [0.4, 0.5) is 0 Å². The molecule has 4 nitrogen and oxygen atoms in total. The molecule has 2 rings (SSSR count). The van der Waals surface area contributed by atoms with Crippen molar-refractivity contribution in [1.29, 1.82) is 0 Å². The molecule has 0 bridgehead atoms. The first-order chi connectivity index (χ1) is 8.26. The van der Waals surface area contributed by atoms with Gasteiger partial charge in [0.15, 0.2) is 0 Å².